The number of primary amides is 1. The van der Waals surface area contributed by atoms with E-state index in [0.29, 0.717) is 15.4 Å². The van der Waals surface area contributed by atoms with Gasteiger partial charge in [-0.15, -0.1) is 0 Å². The van der Waals surface area contributed by atoms with Crippen molar-refractivity contribution in [2.75, 3.05) is 4.90 Å². The topological polar surface area (TPSA) is 200 Å². The first-order chi connectivity index (χ1) is 25.1. The minimum absolute atomic E-state index is 0.113. The summed E-state index contributed by atoms with van der Waals surface area (Å²) in [6.07, 6.45) is -0.687. The molecule has 3 aromatic carbocycles. The number of esters is 2. The maximum absolute atomic E-state index is 15.3. The quantitative estimate of drug-likeness (QED) is 0.154. The van der Waals surface area contributed by atoms with Crippen molar-refractivity contribution in [3.05, 3.63) is 102 Å². The van der Waals surface area contributed by atoms with Crippen LogP contribution < -0.4 is 16.4 Å². The van der Waals surface area contributed by atoms with Gasteiger partial charge in [0, 0.05) is 17.8 Å². The normalized spacial score (nSPS) is 17.7. The first kappa shape index (κ1) is 40.9. The molecule has 0 radical (unpaired) electrons. The number of imide groups is 1. The van der Waals surface area contributed by atoms with Gasteiger partial charge in [0.2, 0.25) is 11.8 Å². The number of amides is 5. The Labute approximate surface area is 314 Å². The lowest BCUT2D eigenvalue weighted by Crippen LogP contribution is -2.75. The van der Waals surface area contributed by atoms with E-state index >= 15 is 9.59 Å². The highest BCUT2D eigenvalue weighted by molar-refractivity contribution is 6.24. The maximum atomic E-state index is 15.3. The molecule has 3 aromatic rings. The van der Waals surface area contributed by atoms with Gasteiger partial charge >= 0.3 is 18.0 Å². The van der Waals surface area contributed by atoms with Crippen LogP contribution in [0.5, 0.6) is 0 Å². The molecule has 14 heteroatoms. The van der Waals surface area contributed by atoms with Crippen LogP contribution in [0, 0.1) is 0 Å². The van der Waals surface area contributed by atoms with E-state index in [9.17, 15) is 24.0 Å². The summed E-state index contributed by atoms with van der Waals surface area (Å²) < 4.78 is 11.2. The number of hydrogen-bond acceptors (Lipinski definition) is 10. The Hall–Kier alpha value is -5.89. The standard InChI is InChI=1S/C40H47N5O9/c1-25(46)40(35(51)54-38(5,6)7,44(29-17-13-10-14-18-29)33(49)30(41)23-31(47)53-37(2,3)4)45-34(50)39(8,28-21-19-27(20-22-28)32(42)48)43(36(45)52)24-26-15-11-9-12-16-26/h9-22,30H,23-24,41H2,1-8H3,(H2,42,48)/t30-,39+,40-/m0/s1. The molecule has 1 saturated heterocycles. The number of anilines is 1. The predicted molar refractivity (Wildman–Crippen MR) is 198 cm³/mol. The molecule has 0 aliphatic carbocycles. The molecule has 0 saturated carbocycles. The van der Waals surface area contributed by atoms with Gasteiger partial charge in [0.15, 0.2) is 5.78 Å². The number of carbonyl (C=O) groups excluding carboxylic acids is 7. The molecule has 3 atom stereocenters. The molecule has 14 nitrogen and oxygen atoms in total. The molecule has 0 unspecified atom stereocenters. The molecule has 0 spiro atoms. The van der Waals surface area contributed by atoms with Crippen LogP contribution in [0.4, 0.5) is 10.5 Å². The van der Waals surface area contributed by atoms with E-state index in [4.69, 9.17) is 20.9 Å². The Balaban J connectivity index is 2.06. The first-order valence-corrected chi connectivity index (χ1v) is 17.3. The highest BCUT2D eigenvalue weighted by atomic mass is 16.6. The number of carbonyl (C=O) groups is 7. The summed E-state index contributed by atoms with van der Waals surface area (Å²) in [5, 5.41) is 0. The Morgan fingerprint density at radius 2 is 1.31 bits per heavy atom. The Morgan fingerprint density at radius 1 is 0.796 bits per heavy atom. The van der Waals surface area contributed by atoms with Gasteiger partial charge in [-0.3, -0.25) is 28.9 Å². The Bertz CT molecular complexity index is 1940. The molecular weight excluding hydrogens is 694 g/mol. The molecule has 1 heterocycles. The second-order valence-corrected chi connectivity index (χ2v) is 15.1. The van der Waals surface area contributed by atoms with Gasteiger partial charge in [-0.05, 0) is 90.8 Å². The van der Waals surface area contributed by atoms with E-state index < -0.39 is 76.3 Å². The largest absolute Gasteiger partial charge is 0.460 e. The van der Waals surface area contributed by atoms with Gasteiger partial charge in [0.25, 0.3) is 11.6 Å². The lowest BCUT2D eigenvalue weighted by molar-refractivity contribution is -0.174. The third-order valence-electron chi connectivity index (χ3n) is 8.68. The van der Waals surface area contributed by atoms with Crippen LogP contribution >= 0.6 is 0 Å². The van der Waals surface area contributed by atoms with E-state index in [1.165, 1.54) is 81.1 Å². The fourth-order valence-electron chi connectivity index (χ4n) is 6.20. The molecule has 1 aliphatic rings. The zero-order valence-electron chi connectivity index (χ0n) is 31.7. The number of benzene rings is 3. The average molecular weight is 742 g/mol. The number of Topliss-reactive ketones (excluding diaryl/α,β-unsaturated/α-hetero) is 1. The van der Waals surface area contributed by atoms with E-state index in [1.807, 2.05) is 0 Å². The highest BCUT2D eigenvalue weighted by Crippen LogP contribution is 2.45. The third kappa shape index (κ3) is 8.03. The number of rotatable bonds is 12. The molecule has 4 rings (SSSR count). The van der Waals surface area contributed by atoms with Crippen LogP contribution in [0.3, 0.4) is 0 Å². The number of para-hydroxylation sites is 1. The van der Waals surface area contributed by atoms with E-state index in [1.54, 1.807) is 57.2 Å². The molecule has 1 fully saturated rings. The van der Waals surface area contributed by atoms with Crippen LogP contribution in [0.25, 0.3) is 0 Å². The summed E-state index contributed by atoms with van der Waals surface area (Å²) in [5.41, 5.74) is 5.32. The summed E-state index contributed by atoms with van der Waals surface area (Å²) in [7, 11) is 0. The third-order valence-corrected chi connectivity index (χ3v) is 8.68. The minimum atomic E-state index is -3.15. The Kier molecular flexibility index (Phi) is 11.5. The molecule has 286 valence electrons. The number of nitrogens with zero attached hydrogens (tertiary/aromatic N) is 3. The van der Waals surface area contributed by atoms with Gasteiger partial charge in [0.1, 0.15) is 16.7 Å². The summed E-state index contributed by atoms with van der Waals surface area (Å²) in [6, 6.07) is 18.8. The smallest absolute Gasteiger partial charge is 0.363 e. The van der Waals surface area contributed by atoms with Crippen molar-refractivity contribution in [3.63, 3.8) is 0 Å². The molecule has 54 heavy (non-hydrogen) atoms. The molecule has 5 amide bonds. The highest BCUT2D eigenvalue weighted by Gasteiger charge is 2.70. The van der Waals surface area contributed by atoms with Gasteiger partial charge in [-0.2, -0.15) is 0 Å². The number of ketones is 1. The van der Waals surface area contributed by atoms with Crippen LogP contribution in [0.1, 0.15) is 83.3 Å². The average Bonchev–Trinajstić information content (AvgIpc) is 3.26. The van der Waals surface area contributed by atoms with Gasteiger partial charge in [-0.1, -0.05) is 60.7 Å². The number of nitrogens with two attached hydrogens (primary N) is 2. The SMILES string of the molecule is CC(=O)[C@@](C(=O)OC(C)(C)C)(N1C(=O)N(Cc2ccccc2)[C@](C)(c2ccc(C(N)=O)cc2)C1=O)N(C(=O)[C@@H](N)CC(=O)OC(C)(C)C)c1ccccc1. The molecule has 0 aromatic heterocycles. The fraction of sp³-hybridized carbons (Fsp3) is 0.375. The maximum Gasteiger partial charge on any atom is 0.363 e. The minimum Gasteiger partial charge on any atom is -0.460 e. The lowest BCUT2D eigenvalue weighted by atomic mass is 9.88. The first-order valence-electron chi connectivity index (χ1n) is 17.3. The van der Waals surface area contributed by atoms with Crippen molar-refractivity contribution in [2.45, 2.75) is 96.8 Å². The van der Waals surface area contributed by atoms with Gasteiger partial charge in [-0.25, -0.2) is 14.5 Å². The zero-order chi connectivity index (χ0) is 40.4. The monoisotopic (exact) mass is 741 g/mol. The second kappa shape index (κ2) is 15.2. The molecular formula is C40H47N5O9. The number of urea groups is 1. The number of ether oxygens (including phenoxy) is 2. The Morgan fingerprint density at radius 3 is 1.80 bits per heavy atom. The van der Waals surface area contributed by atoms with Crippen LogP contribution in [0.15, 0.2) is 84.9 Å². The summed E-state index contributed by atoms with van der Waals surface area (Å²) in [5.74, 6) is -6.40. The van der Waals surface area contributed by atoms with E-state index in [0.717, 1.165) is 6.92 Å². The van der Waals surface area contributed by atoms with Crippen molar-refractivity contribution in [3.8, 4) is 0 Å². The number of hydrogen-bond donors (Lipinski definition) is 2. The predicted octanol–water partition coefficient (Wildman–Crippen LogP) is 4.18. The van der Waals surface area contributed by atoms with Crippen LogP contribution in [-0.2, 0) is 45.5 Å². The van der Waals surface area contributed by atoms with E-state index in [2.05, 4.69) is 0 Å². The molecule has 4 N–H and O–H groups in total. The summed E-state index contributed by atoms with van der Waals surface area (Å²) in [6.45, 7) is 11.6. The van der Waals surface area contributed by atoms with Gasteiger partial charge in [0.05, 0.1) is 12.5 Å². The second-order valence-electron chi connectivity index (χ2n) is 15.1. The van der Waals surface area contributed by atoms with E-state index in [-0.39, 0.29) is 23.4 Å². The van der Waals surface area contributed by atoms with Crippen LogP contribution in [0.2, 0.25) is 0 Å². The van der Waals surface area contributed by atoms with Crippen LogP contribution in [-0.4, -0.2) is 74.2 Å². The zero-order valence-corrected chi connectivity index (χ0v) is 31.7. The fourth-order valence-corrected chi connectivity index (χ4v) is 6.20. The van der Waals surface area contributed by atoms with Gasteiger partial charge < -0.3 is 25.8 Å². The van der Waals surface area contributed by atoms with Crippen molar-refractivity contribution in [1.29, 1.82) is 0 Å². The molecule has 1 aliphatic heterocycles. The van der Waals surface area contributed by atoms with Crippen molar-refractivity contribution in [2.24, 2.45) is 11.5 Å². The molecule has 0 bridgehead atoms. The van der Waals surface area contributed by atoms with Crippen molar-refractivity contribution in [1.82, 2.24) is 9.80 Å². The lowest BCUT2D eigenvalue weighted by Gasteiger charge is -2.45. The summed E-state index contributed by atoms with van der Waals surface area (Å²) in [4.78, 5) is 102. The van der Waals surface area contributed by atoms with Crippen molar-refractivity contribution >= 4 is 47.2 Å². The summed E-state index contributed by atoms with van der Waals surface area (Å²) >= 11 is 0. The van der Waals surface area contributed by atoms with Crippen molar-refractivity contribution < 1.29 is 43.0 Å².